The predicted molar refractivity (Wildman–Crippen MR) is 93.8 cm³/mol. The van der Waals surface area contributed by atoms with E-state index in [1.54, 1.807) is 29.6 Å². The fourth-order valence-corrected chi connectivity index (χ4v) is 3.26. The summed E-state index contributed by atoms with van der Waals surface area (Å²) in [6.07, 6.45) is -0.350. The molecule has 0 bridgehead atoms. The van der Waals surface area contributed by atoms with Gasteiger partial charge in [0.25, 0.3) is 0 Å². The van der Waals surface area contributed by atoms with Gasteiger partial charge in [0.1, 0.15) is 17.4 Å². The van der Waals surface area contributed by atoms with Crippen molar-refractivity contribution in [3.63, 3.8) is 0 Å². The van der Waals surface area contributed by atoms with Crippen molar-refractivity contribution in [1.82, 2.24) is 4.98 Å². The summed E-state index contributed by atoms with van der Waals surface area (Å²) in [6.45, 7) is 0.343. The largest absolute Gasteiger partial charge is 0.485 e. The zero-order valence-corrected chi connectivity index (χ0v) is 14.4. The van der Waals surface area contributed by atoms with Gasteiger partial charge in [-0.25, -0.2) is 9.78 Å². The van der Waals surface area contributed by atoms with E-state index in [-0.39, 0.29) is 11.8 Å². The molecular weight excluding hydrogens is 362 g/mol. The van der Waals surface area contributed by atoms with Crippen molar-refractivity contribution in [2.45, 2.75) is 6.10 Å². The van der Waals surface area contributed by atoms with E-state index in [4.69, 9.17) is 25.8 Å². The van der Waals surface area contributed by atoms with E-state index >= 15 is 0 Å². The van der Waals surface area contributed by atoms with Crippen molar-refractivity contribution in [2.75, 3.05) is 6.61 Å². The molecule has 0 spiro atoms. The molecule has 0 saturated carbocycles. The monoisotopic (exact) mass is 373 g/mol. The van der Waals surface area contributed by atoms with Gasteiger partial charge in [0, 0.05) is 10.4 Å². The maximum absolute atomic E-state index is 12.2. The van der Waals surface area contributed by atoms with Gasteiger partial charge in [-0.1, -0.05) is 23.7 Å². The number of benzene rings is 2. The van der Waals surface area contributed by atoms with E-state index in [0.29, 0.717) is 33.9 Å². The van der Waals surface area contributed by atoms with Crippen LogP contribution in [-0.2, 0) is 0 Å². The van der Waals surface area contributed by atoms with Crippen LogP contribution < -0.4 is 14.2 Å². The number of ether oxygens (including phenoxy) is 3. The zero-order chi connectivity index (χ0) is 17.2. The molecule has 3 aromatic rings. The second kappa shape index (κ2) is 6.74. The lowest BCUT2D eigenvalue weighted by molar-refractivity contribution is 0.0725. The lowest BCUT2D eigenvalue weighted by Gasteiger charge is -2.24. The number of carbonyl (C=O) groups is 1. The van der Waals surface area contributed by atoms with E-state index < -0.39 is 5.97 Å². The van der Waals surface area contributed by atoms with Gasteiger partial charge in [-0.15, -0.1) is 11.3 Å². The molecule has 0 radical (unpaired) electrons. The fourth-order valence-electron chi connectivity index (χ4n) is 2.33. The Morgan fingerprint density at radius 3 is 2.72 bits per heavy atom. The van der Waals surface area contributed by atoms with Gasteiger partial charge >= 0.3 is 5.97 Å². The lowest BCUT2D eigenvalue weighted by atomic mass is 10.2. The smallest absolute Gasteiger partial charge is 0.363 e. The number of nitrogens with zero attached hydrogens (tertiary/aromatic N) is 1. The molecule has 4 rings (SSSR count). The highest BCUT2D eigenvalue weighted by atomic mass is 35.5. The van der Waals surface area contributed by atoms with Crippen molar-refractivity contribution in [1.29, 1.82) is 0 Å². The average molecular weight is 374 g/mol. The van der Waals surface area contributed by atoms with Crippen LogP contribution in [0.25, 0.3) is 0 Å². The minimum Gasteiger partial charge on any atom is -0.485 e. The van der Waals surface area contributed by atoms with Crippen LogP contribution in [0.15, 0.2) is 53.9 Å². The summed E-state index contributed by atoms with van der Waals surface area (Å²) in [5, 5.41) is 2.89. The number of fused-ring (bicyclic) bond motifs is 1. The first-order valence-electron chi connectivity index (χ1n) is 7.51. The van der Waals surface area contributed by atoms with E-state index in [9.17, 15) is 4.79 Å². The minimum absolute atomic E-state index is 0.234. The second-order valence-electron chi connectivity index (χ2n) is 5.28. The molecule has 0 aliphatic carbocycles. The summed E-state index contributed by atoms with van der Waals surface area (Å²) in [5.74, 6) is 1.26. The summed E-state index contributed by atoms with van der Waals surface area (Å²) < 4.78 is 16.9. The quantitative estimate of drug-likeness (QED) is 0.498. The normalized spacial score (nSPS) is 15.6. The second-order valence-corrected chi connectivity index (χ2v) is 6.60. The predicted octanol–water partition coefficient (Wildman–Crippen LogP) is 4.53. The highest BCUT2D eigenvalue weighted by Gasteiger charge is 2.26. The van der Waals surface area contributed by atoms with Gasteiger partial charge in [-0.3, -0.25) is 0 Å². The number of aromatic nitrogens is 1. The van der Waals surface area contributed by atoms with Crippen molar-refractivity contribution in [2.24, 2.45) is 0 Å². The molecule has 0 unspecified atom stereocenters. The van der Waals surface area contributed by atoms with Gasteiger partial charge in [0.15, 0.2) is 23.3 Å². The number of esters is 1. The number of thiazole rings is 1. The van der Waals surface area contributed by atoms with E-state index in [1.807, 2.05) is 24.3 Å². The first kappa shape index (κ1) is 15.9. The standard InChI is InChI=1S/C18H12ClNO4S/c19-11-5-7-12(8-6-11)23-18(21)13-10-25-17(20-13)16-9-22-14-3-1-2-4-15(14)24-16/h1-8,10,16H,9H2/t16-/m1/s1. The highest BCUT2D eigenvalue weighted by molar-refractivity contribution is 7.09. The summed E-state index contributed by atoms with van der Waals surface area (Å²) in [4.78, 5) is 16.5. The molecule has 0 N–H and O–H groups in total. The zero-order valence-electron chi connectivity index (χ0n) is 12.8. The van der Waals surface area contributed by atoms with Gasteiger partial charge in [-0.05, 0) is 36.4 Å². The first-order valence-corrected chi connectivity index (χ1v) is 8.76. The molecule has 1 aromatic heterocycles. The molecule has 5 nitrogen and oxygen atoms in total. The Bertz CT molecular complexity index is 909. The molecule has 0 fully saturated rings. The van der Waals surface area contributed by atoms with Crippen molar-refractivity contribution in [3.05, 3.63) is 69.6 Å². The summed E-state index contributed by atoms with van der Waals surface area (Å²) >= 11 is 7.15. The first-order chi connectivity index (χ1) is 12.2. The maximum Gasteiger partial charge on any atom is 0.363 e. The molecule has 25 heavy (non-hydrogen) atoms. The van der Waals surface area contributed by atoms with Gasteiger partial charge in [0.05, 0.1) is 0 Å². The molecule has 7 heteroatoms. The molecule has 0 saturated heterocycles. The molecular formula is C18H12ClNO4S. The Morgan fingerprint density at radius 1 is 1.16 bits per heavy atom. The lowest BCUT2D eigenvalue weighted by Crippen LogP contribution is -2.21. The average Bonchev–Trinajstić information content (AvgIpc) is 3.13. The van der Waals surface area contributed by atoms with Crippen LogP contribution >= 0.6 is 22.9 Å². The Morgan fingerprint density at radius 2 is 1.92 bits per heavy atom. The molecule has 0 amide bonds. The highest BCUT2D eigenvalue weighted by Crippen LogP contribution is 2.36. The summed E-state index contributed by atoms with van der Waals surface area (Å²) in [5.41, 5.74) is 0.234. The van der Waals surface area contributed by atoms with Crippen molar-refractivity contribution in [3.8, 4) is 17.2 Å². The molecule has 1 aliphatic rings. The van der Waals surface area contributed by atoms with E-state index in [2.05, 4.69) is 4.98 Å². The van der Waals surface area contributed by atoms with Crippen molar-refractivity contribution >= 4 is 28.9 Å². The molecule has 2 aromatic carbocycles. The third kappa shape index (κ3) is 3.45. The SMILES string of the molecule is O=C(Oc1ccc(Cl)cc1)c1csc([C@H]2COc3ccccc3O2)n1. The number of halogens is 1. The number of carbonyl (C=O) groups excluding carboxylic acids is 1. The van der Waals surface area contributed by atoms with Gasteiger partial charge < -0.3 is 14.2 Å². The van der Waals surface area contributed by atoms with Gasteiger partial charge in [0.2, 0.25) is 0 Å². The third-order valence-corrected chi connectivity index (χ3v) is 4.73. The van der Waals surface area contributed by atoms with Gasteiger partial charge in [-0.2, -0.15) is 0 Å². The van der Waals surface area contributed by atoms with E-state index in [0.717, 1.165) is 0 Å². The number of hydrogen-bond donors (Lipinski definition) is 0. The number of hydrogen-bond acceptors (Lipinski definition) is 6. The molecule has 126 valence electrons. The van der Waals surface area contributed by atoms with E-state index in [1.165, 1.54) is 11.3 Å². The van der Waals surface area contributed by atoms with Crippen LogP contribution in [0, 0.1) is 0 Å². The van der Waals surface area contributed by atoms with Crippen molar-refractivity contribution < 1.29 is 19.0 Å². The topological polar surface area (TPSA) is 57.7 Å². The van der Waals surface area contributed by atoms with Crippen LogP contribution in [0.5, 0.6) is 17.2 Å². The Balaban J connectivity index is 1.47. The summed E-state index contributed by atoms with van der Waals surface area (Å²) in [7, 11) is 0. The maximum atomic E-state index is 12.2. The Kier molecular flexibility index (Phi) is 4.29. The van der Waals surface area contributed by atoms with Crippen LogP contribution in [0.3, 0.4) is 0 Å². The number of para-hydroxylation sites is 2. The van der Waals surface area contributed by atoms with Crippen LogP contribution in [0.1, 0.15) is 21.6 Å². The third-order valence-electron chi connectivity index (χ3n) is 3.54. The fraction of sp³-hybridized carbons (Fsp3) is 0.111. The molecule has 1 atom stereocenters. The van der Waals surface area contributed by atoms with Crippen LogP contribution in [-0.4, -0.2) is 17.6 Å². The molecule has 2 heterocycles. The Hall–Kier alpha value is -2.57. The Labute approximate surface area is 152 Å². The number of rotatable bonds is 3. The van der Waals surface area contributed by atoms with Crippen LogP contribution in [0.4, 0.5) is 0 Å². The minimum atomic E-state index is -0.526. The molecule has 1 aliphatic heterocycles. The van der Waals surface area contributed by atoms with Crippen LogP contribution in [0.2, 0.25) is 5.02 Å². The summed E-state index contributed by atoms with van der Waals surface area (Å²) in [6, 6.07) is 14.0.